The average molecular weight is 462 g/mol. The summed E-state index contributed by atoms with van der Waals surface area (Å²) in [6.45, 7) is 4.54. The molecule has 2 saturated heterocycles. The lowest BCUT2D eigenvalue weighted by atomic mass is 9.90. The minimum absolute atomic E-state index is 0.00429. The van der Waals surface area contributed by atoms with Gasteiger partial charge in [0.25, 0.3) is 5.69 Å². The van der Waals surface area contributed by atoms with Gasteiger partial charge in [-0.05, 0) is 66.2 Å². The Kier molecular flexibility index (Phi) is 4.81. The Labute approximate surface area is 198 Å². The smallest absolute Gasteiger partial charge is 0.287 e. The first kappa shape index (κ1) is 21.1. The van der Waals surface area contributed by atoms with Gasteiger partial charge in [-0.25, -0.2) is 0 Å². The zero-order chi connectivity index (χ0) is 22.8. The van der Waals surface area contributed by atoms with Crippen LogP contribution >= 0.6 is 11.6 Å². The van der Waals surface area contributed by atoms with Gasteiger partial charge in [0.15, 0.2) is 0 Å². The maximum absolute atomic E-state index is 10.7. The van der Waals surface area contributed by atoms with Crippen LogP contribution in [0.2, 0.25) is 5.02 Å². The Morgan fingerprint density at radius 1 is 1.06 bits per heavy atom. The van der Waals surface area contributed by atoms with Crippen LogP contribution in [0.15, 0.2) is 60.7 Å². The van der Waals surface area contributed by atoms with Crippen LogP contribution in [0.1, 0.15) is 24.0 Å². The number of fused-ring (bicyclic) bond motifs is 3. The minimum atomic E-state index is -0.436. The Morgan fingerprint density at radius 2 is 1.85 bits per heavy atom. The molecule has 0 amide bonds. The molecule has 170 valence electrons. The van der Waals surface area contributed by atoms with E-state index in [1.807, 2.05) is 6.07 Å². The van der Waals surface area contributed by atoms with E-state index in [-0.39, 0.29) is 16.1 Å². The molecule has 2 saturated carbocycles. The van der Waals surface area contributed by atoms with Crippen molar-refractivity contribution in [2.75, 3.05) is 33.2 Å². The van der Waals surface area contributed by atoms with E-state index < -0.39 is 4.92 Å². The third-order valence-corrected chi connectivity index (χ3v) is 8.73. The monoisotopic (exact) mass is 461 g/mol. The Balaban J connectivity index is 0.000000125. The van der Waals surface area contributed by atoms with Crippen molar-refractivity contribution >= 4 is 28.1 Å². The lowest BCUT2D eigenvalue weighted by Crippen LogP contribution is -2.22. The molecule has 0 spiro atoms. The molecule has 3 aromatic carbocycles. The summed E-state index contributed by atoms with van der Waals surface area (Å²) in [6, 6.07) is 20.7. The molecule has 6 heteroatoms. The van der Waals surface area contributed by atoms with Crippen molar-refractivity contribution in [3.63, 3.8) is 0 Å². The van der Waals surface area contributed by atoms with E-state index in [2.05, 4.69) is 59.7 Å². The highest BCUT2D eigenvalue weighted by Gasteiger charge is 2.60. The van der Waals surface area contributed by atoms with Crippen LogP contribution < -0.4 is 5.32 Å². The highest BCUT2D eigenvalue weighted by molar-refractivity contribution is 6.32. The fourth-order valence-electron chi connectivity index (χ4n) is 6.56. The van der Waals surface area contributed by atoms with E-state index in [1.54, 1.807) is 11.6 Å². The number of piperidine rings is 2. The fraction of sp³-hybridized carbons (Fsp3) is 0.407. The highest BCUT2D eigenvalue weighted by Crippen LogP contribution is 2.59. The highest BCUT2D eigenvalue weighted by atomic mass is 35.5. The molecular formula is C27H28ClN3O2. The maximum Gasteiger partial charge on any atom is 0.287 e. The van der Waals surface area contributed by atoms with Gasteiger partial charge >= 0.3 is 0 Å². The van der Waals surface area contributed by atoms with Gasteiger partial charge in [0.2, 0.25) is 0 Å². The van der Waals surface area contributed by atoms with Crippen molar-refractivity contribution in [1.29, 1.82) is 0 Å². The third-order valence-electron chi connectivity index (χ3n) is 8.42. The molecule has 4 aliphatic rings. The molecular weight excluding hydrogens is 434 g/mol. The van der Waals surface area contributed by atoms with Gasteiger partial charge in [0.05, 0.1) is 4.92 Å². The predicted molar refractivity (Wildman–Crippen MR) is 132 cm³/mol. The molecule has 5 nitrogen and oxygen atoms in total. The number of nitrogens with zero attached hydrogens (tertiary/aromatic N) is 2. The Bertz CT molecular complexity index is 1260. The molecule has 0 radical (unpaired) electrons. The maximum atomic E-state index is 10.7. The van der Waals surface area contributed by atoms with Crippen molar-refractivity contribution in [3.8, 4) is 0 Å². The number of hydrogen-bond acceptors (Lipinski definition) is 4. The first-order valence-electron chi connectivity index (χ1n) is 11.7. The number of hydrogen-bond donors (Lipinski definition) is 1. The third kappa shape index (κ3) is 3.37. The van der Waals surface area contributed by atoms with Crippen LogP contribution in [0.25, 0.3) is 10.8 Å². The molecule has 0 aromatic heterocycles. The summed E-state index contributed by atoms with van der Waals surface area (Å²) in [5.74, 6) is 1.59. The summed E-state index contributed by atoms with van der Waals surface area (Å²) < 4.78 is 0. The van der Waals surface area contributed by atoms with Crippen LogP contribution in [0.3, 0.4) is 0 Å². The van der Waals surface area contributed by atoms with Gasteiger partial charge in [-0.15, -0.1) is 0 Å². The molecule has 33 heavy (non-hydrogen) atoms. The van der Waals surface area contributed by atoms with Crippen LogP contribution in [-0.4, -0.2) is 43.0 Å². The number of rotatable bonds is 3. The van der Waals surface area contributed by atoms with Gasteiger partial charge in [0, 0.05) is 36.5 Å². The van der Waals surface area contributed by atoms with Gasteiger partial charge in [-0.2, -0.15) is 0 Å². The predicted octanol–water partition coefficient (Wildman–Crippen LogP) is 5.15. The minimum Gasteiger partial charge on any atom is -0.316 e. The molecule has 4 fully saturated rings. The molecule has 7 rings (SSSR count). The number of nitrogens with one attached hydrogen (secondary N) is 1. The molecule has 3 aromatic rings. The van der Waals surface area contributed by atoms with Gasteiger partial charge < -0.3 is 10.2 Å². The van der Waals surface area contributed by atoms with Gasteiger partial charge in [-0.1, -0.05) is 60.1 Å². The van der Waals surface area contributed by atoms with Crippen LogP contribution in [0.5, 0.6) is 0 Å². The SMILES string of the molecule is CN1CC2CC2(c2ccc([N+](=O)[O-])c(Cl)c2)C1.c1ccc2c(C34CNCC3C4)cccc2c1. The van der Waals surface area contributed by atoms with Crippen LogP contribution in [0, 0.1) is 22.0 Å². The standard InChI is InChI=1S/C15H15N.C12H13ClN2O2/c1-2-6-13-11(4-1)5-3-7-14(13)15-8-12(15)9-16-10-15;1-14-6-9-5-12(9,7-14)8-2-3-11(15(16)17)10(13)4-8/h1-7,12,16H,8-10H2;2-4,9H,5-7H2,1H3. The van der Waals surface area contributed by atoms with Crippen LogP contribution in [0.4, 0.5) is 5.69 Å². The summed E-state index contributed by atoms with van der Waals surface area (Å²) in [4.78, 5) is 12.6. The number of benzene rings is 3. The van der Waals surface area contributed by atoms with E-state index in [9.17, 15) is 10.1 Å². The zero-order valence-corrected chi connectivity index (χ0v) is 19.5. The molecule has 2 aliphatic heterocycles. The number of nitro groups is 1. The summed E-state index contributed by atoms with van der Waals surface area (Å²) >= 11 is 5.96. The van der Waals surface area contributed by atoms with E-state index >= 15 is 0 Å². The normalized spacial score (nSPS) is 31.5. The van der Waals surface area contributed by atoms with Crippen molar-refractivity contribution < 1.29 is 4.92 Å². The molecule has 1 N–H and O–H groups in total. The topological polar surface area (TPSA) is 58.4 Å². The van der Waals surface area contributed by atoms with Crippen molar-refractivity contribution in [3.05, 3.63) is 86.9 Å². The quantitative estimate of drug-likeness (QED) is 0.432. The van der Waals surface area contributed by atoms with Crippen LogP contribution in [-0.2, 0) is 10.8 Å². The first-order chi connectivity index (χ1) is 15.9. The number of nitro benzene ring substituents is 1. The van der Waals surface area contributed by atoms with E-state index in [0.717, 1.165) is 24.6 Å². The first-order valence-corrected chi connectivity index (χ1v) is 12.1. The molecule has 4 atom stereocenters. The molecule has 0 bridgehead atoms. The number of likely N-dealkylation sites (N-methyl/N-ethyl adjacent to an activating group) is 1. The Morgan fingerprint density at radius 3 is 2.52 bits per heavy atom. The fourth-order valence-corrected chi connectivity index (χ4v) is 6.81. The molecule has 2 heterocycles. The second-order valence-corrected chi connectivity index (χ2v) is 10.8. The van der Waals surface area contributed by atoms with Gasteiger partial charge in [-0.3, -0.25) is 10.1 Å². The molecule has 4 unspecified atom stereocenters. The van der Waals surface area contributed by atoms with Crippen molar-refractivity contribution in [2.45, 2.75) is 23.7 Å². The van der Waals surface area contributed by atoms with Crippen molar-refractivity contribution in [2.24, 2.45) is 11.8 Å². The van der Waals surface area contributed by atoms with E-state index in [0.29, 0.717) is 11.3 Å². The van der Waals surface area contributed by atoms with Gasteiger partial charge in [0.1, 0.15) is 5.02 Å². The van der Waals surface area contributed by atoms with E-state index in [1.165, 1.54) is 42.8 Å². The van der Waals surface area contributed by atoms with E-state index in [4.69, 9.17) is 11.6 Å². The summed E-state index contributed by atoms with van der Waals surface area (Å²) in [6.07, 6.45) is 2.57. The Hall–Kier alpha value is -2.47. The summed E-state index contributed by atoms with van der Waals surface area (Å²) in [7, 11) is 2.11. The number of halogens is 1. The second-order valence-electron chi connectivity index (χ2n) is 10.4. The zero-order valence-electron chi connectivity index (χ0n) is 18.8. The van der Waals surface area contributed by atoms with Crippen molar-refractivity contribution in [1.82, 2.24) is 10.2 Å². The summed E-state index contributed by atoms with van der Waals surface area (Å²) in [5, 5.41) is 17.3. The lowest BCUT2D eigenvalue weighted by molar-refractivity contribution is -0.384. The average Bonchev–Trinajstić information content (AvgIpc) is 3.61. The second kappa shape index (κ2) is 7.52. The molecule has 2 aliphatic carbocycles. The largest absolute Gasteiger partial charge is 0.316 e. The lowest BCUT2D eigenvalue weighted by Gasteiger charge is -2.16. The summed E-state index contributed by atoms with van der Waals surface area (Å²) in [5.41, 5.74) is 3.41. The number of likely N-dealkylation sites (tertiary alicyclic amines) is 1.